The van der Waals surface area contributed by atoms with Gasteiger partial charge in [-0.2, -0.15) is 0 Å². The lowest BCUT2D eigenvalue weighted by Gasteiger charge is -2.30. The van der Waals surface area contributed by atoms with Crippen molar-refractivity contribution in [3.63, 3.8) is 0 Å². The van der Waals surface area contributed by atoms with Gasteiger partial charge < -0.3 is 20.1 Å². The number of rotatable bonds is 5. The van der Waals surface area contributed by atoms with E-state index in [-0.39, 0.29) is 5.97 Å². The second-order valence-corrected chi connectivity index (χ2v) is 5.43. The number of carbonyl (C=O) groups excluding carboxylic acids is 1. The van der Waals surface area contributed by atoms with Crippen LogP contribution >= 0.6 is 0 Å². The van der Waals surface area contributed by atoms with Gasteiger partial charge in [0.15, 0.2) is 0 Å². The Bertz CT molecular complexity index is 484. The van der Waals surface area contributed by atoms with Crippen LogP contribution in [0.2, 0.25) is 0 Å². The Morgan fingerprint density at radius 1 is 1.52 bits per heavy atom. The molecule has 0 aromatic heterocycles. The highest BCUT2D eigenvalue weighted by molar-refractivity contribution is 5.99. The molecule has 1 atom stereocenters. The van der Waals surface area contributed by atoms with Gasteiger partial charge >= 0.3 is 5.97 Å². The molecule has 1 aromatic rings. The molecule has 5 nitrogen and oxygen atoms in total. The Kier molecular flexibility index (Phi) is 5.44. The highest BCUT2D eigenvalue weighted by atomic mass is 16.5. The van der Waals surface area contributed by atoms with Gasteiger partial charge in [-0.1, -0.05) is 6.07 Å². The number of hydrogen-bond acceptors (Lipinski definition) is 5. The highest BCUT2D eigenvalue weighted by Gasteiger charge is 2.21. The van der Waals surface area contributed by atoms with Crippen LogP contribution in [-0.2, 0) is 9.47 Å². The molecule has 1 aliphatic heterocycles. The number of hydrogen-bond donors (Lipinski definition) is 1. The molecule has 1 heterocycles. The third-order valence-electron chi connectivity index (χ3n) is 3.73. The van der Waals surface area contributed by atoms with E-state index >= 15 is 0 Å². The summed E-state index contributed by atoms with van der Waals surface area (Å²) >= 11 is 0. The normalized spacial score (nSPS) is 18.3. The fourth-order valence-corrected chi connectivity index (χ4v) is 2.79. The zero-order valence-electron chi connectivity index (χ0n) is 12.8. The number of benzene rings is 1. The molecule has 0 aliphatic carbocycles. The fourth-order valence-electron chi connectivity index (χ4n) is 2.79. The topological polar surface area (TPSA) is 64.8 Å². The molecular formula is C16H24N2O3. The van der Waals surface area contributed by atoms with Gasteiger partial charge in [-0.25, -0.2) is 4.79 Å². The fraction of sp³-hybridized carbons (Fsp3) is 0.562. The number of esters is 1. The van der Waals surface area contributed by atoms with Crippen LogP contribution in [0.4, 0.5) is 11.4 Å². The Morgan fingerprint density at radius 2 is 2.33 bits per heavy atom. The van der Waals surface area contributed by atoms with Gasteiger partial charge in [-0.15, -0.1) is 0 Å². The second kappa shape index (κ2) is 7.31. The highest BCUT2D eigenvalue weighted by Crippen LogP contribution is 2.29. The summed E-state index contributed by atoms with van der Waals surface area (Å²) < 4.78 is 10.6. The Labute approximate surface area is 126 Å². The van der Waals surface area contributed by atoms with Crippen LogP contribution in [0.15, 0.2) is 18.2 Å². The summed E-state index contributed by atoms with van der Waals surface area (Å²) in [5.74, 6) is 0.143. The number of ether oxygens (including phenoxy) is 2. The summed E-state index contributed by atoms with van der Waals surface area (Å²) in [6.45, 7) is 4.59. The predicted molar refractivity (Wildman–Crippen MR) is 83.6 cm³/mol. The average Bonchev–Trinajstić information content (AvgIpc) is 2.48. The van der Waals surface area contributed by atoms with Crippen LogP contribution in [0.1, 0.15) is 30.1 Å². The SMILES string of the molecule is CCOC(=O)c1cccc(N)c1N(C)CC1CCCOC1. The minimum absolute atomic E-state index is 0.327. The van der Waals surface area contributed by atoms with Crippen molar-refractivity contribution in [3.8, 4) is 0 Å². The Morgan fingerprint density at radius 3 is 3.00 bits per heavy atom. The molecular weight excluding hydrogens is 268 g/mol. The lowest BCUT2D eigenvalue weighted by Crippen LogP contribution is -2.32. The summed E-state index contributed by atoms with van der Waals surface area (Å²) in [6, 6.07) is 5.35. The van der Waals surface area contributed by atoms with Crippen molar-refractivity contribution in [2.75, 3.05) is 44.0 Å². The van der Waals surface area contributed by atoms with Gasteiger partial charge in [-0.3, -0.25) is 0 Å². The lowest BCUT2D eigenvalue weighted by atomic mass is 10.0. The summed E-state index contributed by atoms with van der Waals surface area (Å²) in [4.78, 5) is 14.1. The van der Waals surface area contributed by atoms with E-state index in [1.165, 1.54) is 0 Å². The average molecular weight is 292 g/mol. The van der Waals surface area contributed by atoms with Crippen molar-refractivity contribution in [1.29, 1.82) is 0 Å². The maximum atomic E-state index is 12.1. The minimum Gasteiger partial charge on any atom is -0.462 e. The van der Waals surface area contributed by atoms with Crippen LogP contribution in [-0.4, -0.2) is 39.4 Å². The van der Waals surface area contributed by atoms with Gasteiger partial charge in [0, 0.05) is 20.2 Å². The first-order chi connectivity index (χ1) is 10.1. The number of para-hydroxylation sites is 1. The molecule has 1 saturated heterocycles. The quantitative estimate of drug-likeness (QED) is 0.666. The van der Waals surface area contributed by atoms with E-state index in [0.717, 1.165) is 38.3 Å². The number of nitrogen functional groups attached to an aromatic ring is 1. The van der Waals surface area contributed by atoms with E-state index in [0.29, 0.717) is 23.8 Å². The number of nitrogens with zero attached hydrogens (tertiary/aromatic N) is 1. The molecule has 0 spiro atoms. The molecule has 5 heteroatoms. The van der Waals surface area contributed by atoms with Crippen LogP contribution in [0.25, 0.3) is 0 Å². The number of carbonyl (C=O) groups is 1. The van der Waals surface area contributed by atoms with E-state index in [2.05, 4.69) is 0 Å². The molecule has 0 bridgehead atoms. The smallest absolute Gasteiger partial charge is 0.340 e. The summed E-state index contributed by atoms with van der Waals surface area (Å²) in [5.41, 5.74) is 7.95. The molecule has 1 unspecified atom stereocenters. The zero-order chi connectivity index (χ0) is 15.2. The third kappa shape index (κ3) is 3.88. The zero-order valence-corrected chi connectivity index (χ0v) is 12.8. The van der Waals surface area contributed by atoms with Crippen molar-refractivity contribution in [2.45, 2.75) is 19.8 Å². The van der Waals surface area contributed by atoms with Crippen molar-refractivity contribution in [3.05, 3.63) is 23.8 Å². The van der Waals surface area contributed by atoms with Crippen LogP contribution in [0.3, 0.4) is 0 Å². The maximum absolute atomic E-state index is 12.1. The molecule has 0 saturated carbocycles. The number of nitrogens with two attached hydrogens (primary N) is 1. The molecule has 1 aromatic carbocycles. The van der Waals surface area contributed by atoms with E-state index in [1.807, 2.05) is 18.0 Å². The molecule has 116 valence electrons. The Balaban J connectivity index is 2.18. The van der Waals surface area contributed by atoms with Crippen molar-refractivity contribution >= 4 is 17.3 Å². The summed E-state index contributed by atoms with van der Waals surface area (Å²) in [6.07, 6.45) is 2.24. The molecule has 0 amide bonds. The van der Waals surface area contributed by atoms with Crippen molar-refractivity contribution in [2.24, 2.45) is 5.92 Å². The first-order valence-electron chi connectivity index (χ1n) is 7.48. The predicted octanol–water partition coefficient (Wildman–Crippen LogP) is 2.31. The van der Waals surface area contributed by atoms with Gasteiger partial charge in [0.05, 0.1) is 30.2 Å². The second-order valence-electron chi connectivity index (χ2n) is 5.43. The summed E-state index contributed by atoms with van der Waals surface area (Å²) in [7, 11) is 1.96. The number of anilines is 2. The molecule has 21 heavy (non-hydrogen) atoms. The largest absolute Gasteiger partial charge is 0.462 e. The molecule has 2 rings (SSSR count). The van der Waals surface area contributed by atoms with Gasteiger partial charge in [0.2, 0.25) is 0 Å². The maximum Gasteiger partial charge on any atom is 0.340 e. The van der Waals surface area contributed by atoms with E-state index < -0.39 is 0 Å². The molecule has 2 N–H and O–H groups in total. The van der Waals surface area contributed by atoms with Gasteiger partial charge in [-0.05, 0) is 37.8 Å². The molecule has 1 fully saturated rings. The first-order valence-corrected chi connectivity index (χ1v) is 7.48. The van der Waals surface area contributed by atoms with E-state index in [4.69, 9.17) is 15.2 Å². The third-order valence-corrected chi connectivity index (χ3v) is 3.73. The van der Waals surface area contributed by atoms with Crippen molar-refractivity contribution in [1.82, 2.24) is 0 Å². The van der Waals surface area contributed by atoms with E-state index in [9.17, 15) is 4.79 Å². The standard InChI is InChI=1S/C16H24N2O3/c1-3-21-16(19)13-7-4-8-14(17)15(13)18(2)10-12-6-5-9-20-11-12/h4,7-8,12H,3,5-6,9-11,17H2,1-2H3. The summed E-state index contributed by atoms with van der Waals surface area (Å²) in [5, 5.41) is 0. The molecule has 0 radical (unpaired) electrons. The lowest BCUT2D eigenvalue weighted by molar-refractivity contribution is 0.0526. The minimum atomic E-state index is -0.327. The van der Waals surface area contributed by atoms with Crippen molar-refractivity contribution < 1.29 is 14.3 Å². The van der Waals surface area contributed by atoms with Gasteiger partial charge in [0.1, 0.15) is 0 Å². The van der Waals surface area contributed by atoms with Crippen LogP contribution in [0.5, 0.6) is 0 Å². The monoisotopic (exact) mass is 292 g/mol. The van der Waals surface area contributed by atoms with Gasteiger partial charge in [0.25, 0.3) is 0 Å². The van der Waals surface area contributed by atoms with E-state index in [1.54, 1.807) is 19.1 Å². The molecule has 1 aliphatic rings. The first kappa shape index (κ1) is 15.6. The Hall–Kier alpha value is -1.75. The van der Waals surface area contributed by atoms with Crippen LogP contribution in [0, 0.1) is 5.92 Å². The van der Waals surface area contributed by atoms with Crippen LogP contribution < -0.4 is 10.6 Å².